The van der Waals surface area contributed by atoms with E-state index < -0.39 is 0 Å². The summed E-state index contributed by atoms with van der Waals surface area (Å²) in [5, 5.41) is 1.10. The maximum atomic E-state index is 4.80. The van der Waals surface area contributed by atoms with Gasteiger partial charge >= 0.3 is 0 Å². The first kappa shape index (κ1) is 13.1. The Labute approximate surface area is 123 Å². The maximum absolute atomic E-state index is 4.80. The van der Waals surface area contributed by atoms with E-state index in [9.17, 15) is 0 Å². The van der Waals surface area contributed by atoms with Crippen molar-refractivity contribution >= 4 is 27.2 Å². The molecule has 0 atom stereocenters. The van der Waals surface area contributed by atoms with Crippen LogP contribution in [0.1, 0.15) is 11.1 Å². The third-order valence-corrected chi connectivity index (χ3v) is 4.51. The Hall–Kier alpha value is -1.87. The first-order chi connectivity index (χ1) is 9.54. The molecule has 0 spiro atoms. The highest BCUT2D eigenvalue weighted by molar-refractivity contribution is 7.21. The average Bonchev–Trinajstić information content (AvgIpc) is 2.83. The Morgan fingerprint density at radius 2 is 1.70 bits per heavy atom. The van der Waals surface area contributed by atoms with Crippen molar-refractivity contribution in [2.75, 3.05) is 19.0 Å². The Morgan fingerprint density at radius 3 is 2.35 bits per heavy atom. The molecule has 0 aliphatic heterocycles. The van der Waals surface area contributed by atoms with Gasteiger partial charge in [0.2, 0.25) is 0 Å². The molecule has 1 aromatic heterocycles. The summed E-state index contributed by atoms with van der Waals surface area (Å²) in [4.78, 5) is 6.91. The molecule has 3 rings (SSSR count). The van der Waals surface area contributed by atoms with Crippen molar-refractivity contribution in [1.82, 2.24) is 4.98 Å². The zero-order valence-corrected chi connectivity index (χ0v) is 13.1. The van der Waals surface area contributed by atoms with Gasteiger partial charge in [-0.15, -0.1) is 11.3 Å². The van der Waals surface area contributed by atoms with Crippen molar-refractivity contribution in [1.29, 1.82) is 0 Å². The van der Waals surface area contributed by atoms with Crippen LogP contribution in [0.3, 0.4) is 0 Å². The van der Waals surface area contributed by atoms with Crippen LogP contribution in [0, 0.1) is 13.8 Å². The van der Waals surface area contributed by atoms with Crippen LogP contribution in [0.5, 0.6) is 0 Å². The maximum Gasteiger partial charge on any atom is 0.124 e. The Bertz CT molecular complexity index is 755. The van der Waals surface area contributed by atoms with Crippen molar-refractivity contribution in [2.24, 2.45) is 0 Å². The van der Waals surface area contributed by atoms with Gasteiger partial charge in [0.25, 0.3) is 0 Å². The molecule has 0 saturated carbocycles. The van der Waals surface area contributed by atoms with Crippen molar-refractivity contribution < 1.29 is 0 Å². The molecular formula is C17H18N2S. The van der Waals surface area contributed by atoms with E-state index in [2.05, 4.69) is 69.2 Å². The lowest BCUT2D eigenvalue weighted by atomic mass is 10.1. The smallest absolute Gasteiger partial charge is 0.124 e. The van der Waals surface area contributed by atoms with Crippen LogP contribution in [0.4, 0.5) is 5.69 Å². The quantitative estimate of drug-likeness (QED) is 0.680. The molecule has 3 aromatic rings. The molecule has 0 aliphatic carbocycles. The second-order valence-corrected chi connectivity index (χ2v) is 6.42. The summed E-state index contributed by atoms with van der Waals surface area (Å²) in [5.74, 6) is 0. The minimum atomic E-state index is 1.10. The van der Waals surface area contributed by atoms with Crippen LogP contribution in [0.2, 0.25) is 0 Å². The number of aromatic nitrogens is 1. The van der Waals surface area contributed by atoms with Crippen LogP contribution < -0.4 is 4.90 Å². The summed E-state index contributed by atoms with van der Waals surface area (Å²) >= 11 is 1.77. The Kier molecular flexibility index (Phi) is 3.22. The predicted octanol–water partition coefficient (Wildman–Crippen LogP) is 4.65. The molecule has 0 bridgehead atoms. The summed E-state index contributed by atoms with van der Waals surface area (Å²) in [5.41, 5.74) is 6.09. The second-order valence-electron chi connectivity index (χ2n) is 5.39. The van der Waals surface area contributed by atoms with Gasteiger partial charge in [-0.05, 0) is 55.3 Å². The number of thiazole rings is 1. The molecule has 0 saturated heterocycles. The van der Waals surface area contributed by atoms with Gasteiger partial charge in [0.1, 0.15) is 5.01 Å². The standard InChI is InChI=1S/C17H18N2S/c1-11-9-12(2)16-15(10-11)20-17(18-16)13-5-7-14(8-6-13)19(3)4/h5-10H,1-4H3. The van der Waals surface area contributed by atoms with E-state index in [1.807, 2.05) is 0 Å². The van der Waals surface area contributed by atoms with E-state index in [1.165, 1.54) is 27.1 Å². The highest BCUT2D eigenvalue weighted by atomic mass is 32.1. The summed E-state index contributed by atoms with van der Waals surface area (Å²) in [6.07, 6.45) is 0. The third kappa shape index (κ3) is 2.29. The lowest BCUT2D eigenvalue weighted by molar-refractivity contribution is 1.13. The molecule has 0 unspecified atom stereocenters. The fraction of sp³-hybridized carbons (Fsp3) is 0.235. The van der Waals surface area contributed by atoms with Gasteiger partial charge < -0.3 is 4.90 Å². The van der Waals surface area contributed by atoms with Crippen molar-refractivity contribution in [3.63, 3.8) is 0 Å². The molecule has 102 valence electrons. The van der Waals surface area contributed by atoms with E-state index in [4.69, 9.17) is 4.98 Å². The minimum Gasteiger partial charge on any atom is -0.378 e. The molecule has 1 heterocycles. The highest BCUT2D eigenvalue weighted by Crippen LogP contribution is 2.33. The van der Waals surface area contributed by atoms with Crippen LogP contribution in [-0.2, 0) is 0 Å². The van der Waals surface area contributed by atoms with Gasteiger partial charge in [0.05, 0.1) is 10.2 Å². The minimum absolute atomic E-state index is 1.10. The Morgan fingerprint density at radius 1 is 1.00 bits per heavy atom. The topological polar surface area (TPSA) is 16.1 Å². The fourth-order valence-electron chi connectivity index (χ4n) is 2.40. The molecule has 0 radical (unpaired) electrons. The van der Waals surface area contributed by atoms with Gasteiger partial charge in [0.15, 0.2) is 0 Å². The number of fused-ring (bicyclic) bond motifs is 1. The molecule has 20 heavy (non-hydrogen) atoms. The lowest BCUT2D eigenvalue weighted by Crippen LogP contribution is -2.07. The van der Waals surface area contributed by atoms with Gasteiger partial charge in [-0.3, -0.25) is 0 Å². The molecular weight excluding hydrogens is 264 g/mol. The van der Waals surface area contributed by atoms with Crippen molar-refractivity contribution in [3.05, 3.63) is 47.5 Å². The average molecular weight is 282 g/mol. The van der Waals surface area contributed by atoms with E-state index in [-0.39, 0.29) is 0 Å². The summed E-state index contributed by atoms with van der Waals surface area (Å²) in [7, 11) is 4.11. The van der Waals surface area contributed by atoms with Gasteiger partial charge in [-0.1, -0.05) is 6.07 Å². The largest absolute Gasteiger partial charge is 0.378 e. The first-order valence-electron chi connectivity index (χ1n) is 6.70. The molecule has 0 amide bonds. The summed E-state index contributed by atoms with van der Waals surface area (Å²) < 4.78 is 1.27. The molecule has 0 aliphatic rings. The molecule has 0 fully saturated rings. The summed E-state index contributed by atoms with van der Waals surface area (Å²) in [6, 6.07) is 13.0. The zero-order valence-electron chi connectivity index (χ0n) is 12.3. The van der Waals surface area contributed by atoms with Crippen LogP contribution in [-0.4, -0.2) is 19.1 Å². The van der Waals surface area contributed by atoms with Gasteiger partial charge in [-0.2, -0.15) is 0 Å². The number of hydrogen-bond acceptors (Lipinski definition) is 3. The van der Waals surface area contributed by atoms with E-state index >= 15 is 0 Å². The van der Waals surface area contributed by atoms with Crippen molar-refractivity contribution in [3.8, 4) is 10.6 Å². The van der Waals surface area contributed by atoms with Gasteiger partial charge in [0, 0.05) is 25.3 Å². The SMILES string of the molecule is Cc1cc(C)c2nc(-c3ccc(N(C)C)cc3)sc2c1. The number of aryl methyl sites for hydroxylation is 2. The number of nitrogens with zero attached hydrogens (tertiary/aromatic N) is 2. The monoisotopic (exact) mass is 282 g/mol. The van der Waals surface area contributed by atoms with Crippen LogP contribution in [0.15, 0.2) is 36.4 Å². The first-order valence-corrected chi connectivity index (χ1v) is 7.52. The highest BCUT2D eigenvalue weighted by Gasteiger charge is 2.09. The van der Waals surface area contributed by atoms with Gasteiger partial charge in [-0.25, -0.2) is 4.98 Å². The van der Waals surface area contributed by atoms with E-state index in [0.29, 0.717) is 0 Å². The van der Waals surface area contributed by atoms with Crippen LogP contribution >= 0.6 is 11.3 Å². The number of benzene rings is 2. The molecule has 0 N–H and O–H groups in total. The molecule has 2 aromatic carbocycles. The second kappa shape index (κ2) is 4.91. The third-order valence-electron chi connectivity index (χ3n) is 3.46. The Balaban J connectivity index is 2.08. The predicted molar refractivity (Wildman–Crippen MR) is 88.9 cm³/mol. The number of anilines is 1. The van der Waals surface area contributed by atoms with E-state index in [1.54, 1.807) is 11.3 Å². The summed E-state index contributed by atoms with van der Waals surface area (Å²) in [6.45, 7) is 4.27. The molecule has 2 nitrogen and oxygen atoms in total. The molecule has 3 heteroatoms. The normalized spacial score (nSPS) is 11.0. The number of rotatable bonds is 2. The van der Waals surface area contributed by atoms with Crippen LogP contribution in [0.25, 0.3) is 20.8 Å². The zero-order chi connectivity index (χ0) is 14.3. The van der Waals surface area contributed by atoms with E-state index in [0.717, 1.165) is 10.5 Å². The lowest BCUT2D eigenvalue weighted by Gasteiger charge is -2.11. The van der Waals surface area contributed by atoms with Crippen molar-refractivity contribution in [2.45, 2.75) is 13.8 Å². The fourth-order valence-corrected chi connectivity index (χ4v) is 3.54. The number of hydrogen-bond donors (Lipinski definition) is 0.